The Hall–Kier alpha value is -2.26. The number of terminal acetylenes is 1. The van der Waals surface area contributed by atoms with E-state index < -0.39 is 17.9 Å². The standard InChI is InChI=1S/C13H15FN2O3/c1-3-6-19-12-5-4-10(14)7-11(12)16-13(18)15-9(2)8-17/h1,4-5,7,9,17H,6,8H2,2H3,(H2,15,16,18). The largest absolute Gasteiger partial charge is 0.479 e. The molecule has 0 saturated carbocycles. The van der Waals surface area contributed by atoms with Crippen LogP contribution in [0.25, 0.3) is 0 Å². The van der Waals surface area contributed by atoms with Gasteiger partial charge in [0.1, 0.15) is 18.2 Å². The highest BCUT2D eigenvalue weighted by molar-refractivity contribution is 5.91. The van der Waals surface area contributed by atoms with Crippen LogP contribution in [0.2, 0.25) is 0 Å². The number of carbonyl (C=O) groups is 1. The molecule has 0 aliphatic rings. The van der Waals surface area contributed by atoms with E-state index in [1.165, 1.54) is 12.1 Å². The first-order valence-electron chi connectivity index (χ1n) is 5.61. The molecule has 0 fully saturated rings. The van der Waals surface area contributed by atoms with E-state index in [4.69, 9.17) is 16.3 Å². The zero-order valence-corrected chi connectivity index (χ0v) is 10.4. The van der Waals surface area contributed by atoms with Crippen molar-refractivity contribution in [2.45, 2.75) is 13.0 Å². The Labute approximate surface area is 110 Å². The van der Waals surface area contributed by atoms with E-state index in [-0.39, 0.29) is 24.7 Å². The minimum absolute atomic E-state index is 0.00890. The normalized spacial score (nSPS) is 11.3. The molecule has 0 heterocycles. The number of benzene rings is 1. The van der Waals surface area contributed by atoms with Gasteiger partial charge in [0, 0.05) is 6.07 Å². The fraction of sp³-hybridized carbons (Fsp3) is 0.308. The van der Waals surface area contributed by atoms with Crippen molar-refractivity contribution in [2.24, 2.45) is 0 Å². The molecule has 1 aromatic carbocycles. The molecular formula is C13H15FN2O3. The quantitative estimate of drug-likeness (QED) is 0.704. The molecular weight excluding hydrogens is 251 g/mol. The summed E-state index contributed by atoms with van der Waals surface area (Å²) in [4.78, 5) is 11.6. The highest BCUT2D eigenvalue weighted by atomic mass is 19.1. The third-order valence-electron chi connectivity index (χ3n) is 2.15. The van der Waals surface area contributed by atoms with E-state index in [1.54, 1.807) is 6.92 Å². The molecule has 1 aromatic rings. The van der Waals surface area contributed by atoms with Gasteiger partial charge in [-0.3, -0.25) is 0 Å². The fourth-order valence-electron chi connectivity index (χ4n) is 1.27. The number of amides is 2. The third-order valence-corrected chi connectivity index (χ3v) is 2.15. The predicted octanol–water partition coefficient (Wildman–Crippen LogP) is 1.34. The molecule has 0 aliphatic heterocycles. The zero-order valence-electron chi connectivity index (χ0n) is 10.4. The van der Waals surface area contributed by atoms with Crippen LogP contribution in [0.4, 0.5) is 14.9 Å². The van der Waals surface area contributed by atoms with Gasteiger partial charge in [-0.15, -0.1) is 6.42 Å². The summed E-state index contributed by atoms with van der Waals surface area (Å²) in [5, 5.41) is 13.7. The smallest absolute Gasteiger partial charge is 0.319 e. The number of urea groups is 1. The number of rotatable bonds is 5. The summed E-state index contributed by atoms with van der Waals surface area (Å²) in [5.41, 5.74) is 0.165. The Morgan fingerprint density at radius 3 is 3.00 bits per heavy atom. The number of ether oxygens (including phenoxy) is 1. The first-order valence-corrected chi connectivity index (χ1v) is 5.61. The van der Waals surface area contributed by atoms with E-state index in [0.717, 1.165) is 6.07 Å². The Morgan fingerprint density at radius 1 is 1.63 bits per heavy atom. The SMILES string of the molecule is C#CCOc1ccc(F)cc1NC(=O)NC(C)CO. The number of hydrogen-bond acceptors (Lipinski definition) is 3. The van der Waals surface area contributed by atoms with Crippen LogP contribution in [-0.4, -0.2) is 30.4 Å². The first-order chi connectivity index (χ1) is 9.06. The van der Waals surface area contributed by atoms with Crippen molar-refractivity contribution in [1.29, 1.82) is 0 Å². The number of anilines is 1. The van der Waals surface area contributed by atoms with Gasteiger partial charge in [0.15, 0.2) is 0 Å². The van der Waals surface area contributed by atoms with Gasteiger partial charge in [-0.2, -0.15) is 0 Å². The number of carbonyl (C=O) groups excluding carboxylic acids is 1. The molecule has 19 heavy (non-hydrogen) atoms. The molecule has 0 aromatic heterocycles. The second kappa shape index (κ2) is 7.24. The van der Waals surface area contributed by atoms with Gasteiger partial charge >= 0.3 is 6.03 Å². The van der Waals surface area contributed by atoms with Crippen molar-refractivity contribution in [2.75, 3.05) is 18.5 Å². The Balaban J connectivity index is 2.77. The number of halogens is 1. The van der Waals surface area contributed by atoms with Crippen LogP contribution in [0.5, 0.6) is 5.75 Å². The maximum atomic E-state index is 13.1. The van der Waals surface area contributed by atoms with Gasteiger partial charge < -0.3 is 20.5 Å². The highest BCUT2D eigenvalue weighted by Crippen LogP contribution is 2.25. The van der Waals surface area contributed by atoms with E-state index >= 15 is 0 Å². The van der Waals surface area contributed by atoms with Gasteiger partial charge in [0.05, 0.1) is 18.3 Å². The average Bonchev–Trinajstić information content (AvgIpc) is 2.37. The van der Waals surface area contributed by atoms with Crippen molar-refractivity contribution >= 4 is 11.7 Å². The molecule has 1 unspecified atom stereocenters. The topological polar surface area (TPSA) is 70.6 Å². The van der Waals surface area contributed by atoms with E-state index in [2.05, 4.69) is 16.6 Å². The maximum absolute atomic E-state index is 13.1. The average molecular weight is 266 g/mol. The van der Waals surface area contributed by atoms with Gasteiger partial charge in [0.2, 0.25) is 0 Å². The Morgan fingerprint density at radius 2 is 2.37 bits per heavy atom. The van der Waals surface area contributed by atoms with Gasteiger partial charge in [-0.25, -0.2) is 9.18 Å². The molecule has 0 saturated heterocycles. The van der Waals surface area contributed by atoms with Crippen LogP contribution in [-0.2, 0) is 0 Å². The monoisotopic (exact) mass is 266 g/mol. The summed E-state index contributed by atoms with van der Waals surface area (Å²) in [7, 11) is 0. The first kappa shape index (κ1) is 14.8. The maximum Gasteiger partial charge on any atom is 0.319 e. The lowest BCUT2D eigenvalue weighted by Gasteiger charge is -2.14. The number of aliphatic hydroxyl groups excluding tert-OH is 1. The van der Waals surface area contributed by atoms with Gasteiger partial charge in [-0.1, -0.05) is 5.92 Å². The van der Waals surface area contributed by atoms with Gasteiger partial charge in [-0.05, 0) is 19.1 Å². The van der Waals surface area contributed by atoms with Crippen molar-refractivity contribution < 1.29 is 19.0 Å². The molecule has 2 amide bonds. The second-order valence-corrected chi connectivity index (χ2v) is 3.82. The lowest BCUT2D eigenvalue weighted by Crippen LogP contribution is -2.38. The Bertz CT molecular complexity index is 485. The number of aliphatic hydroxyl groups is 1. The minimum Gasteiger partial charge on any atom is -0.479 e. The van der Waals surface area contributed by atoms with Crippen LogP contribution in [0.1, 0.15) is 6.92 Å². The van der Waals surface area contributed by atoms with Crippen molar-refractivity contribution in [3.8, 4) is 18.1 Å². The Kier molecular flexibility index (Phi) is 5.64. The van der Waals surface area contributed by atoms with Crippen molar-refractivity contribution in [1.82, 2.24) is 5.32 Å². The third kappa shape index (κ3) is 4.85. The number of nitrogens with one attached hydrogen (secondary N) is 2. The molecule has 0 spiro atoms. The summed E-state index contributed by atoms with van der Waals surface area (Å²) < 4.78 is 18.3. The number of hydrogen-bond donors (Lipinski definition) is 3. The van der Waals surface area contributed by atoms with Crippen LogP contribution in [0.3, 0.4) is 0 Å². The highest BCUT2D eigenvalue weighted by Gasteiger charge is 2.11. The van der Waals surface area contributed by atoms with E-state index in [9.17, 15) is 9.18 Å². The lowest BCUT2D eigenvalue weighted by atomic mass is 10.3. The van der Waals surface area contributed by atoms with E-state index in [0.29, 0.717) is 0 Å². The molecule has 102 valence electrons. The zero-order chi connectivity index (χ0) is 14.3. The van der Waals surface area contributed by atoms with Crippen LogP contribution in [0, 0.1) is 18.2 Å². The molecule has 0 radical (unpaired) electrons. The molecule has 1 atom stereocenters. The molecule has 1 rings (SSSR count). The summed E-state index contributed by atoms with van der Waals surface area (Å²) in [6.45, 7) is 1.44. The van der Waals surface area contributed by atoms with Crippen molar-refractivity contribution in [3.63, 3.8) is 0 Å². The second-order valence-electron chi connectivity index (χ2n) is 3.82. The predicted molar refractivity (Wildman–Crippen MR) is 69.4 cm³/mol. The molecule has 3 N–H and O–H groups in total. The van der Waals surface area contributed by atoms with Gasteiger partial charge in [0.25, 0.3) is 0 Å². The van der Waals surface area contributed by atoms with Crippen LogP contribution in [0.15, 0.2) is 18.2 Å². The molecule has 0 bridgehead atoms. The van der Waals surface area contributed by atoms with Crippen LogP contribution >= 0.6 is 0 Å². The summed E-state index contributed by atoms with van der Waals surface area (Å²) >= 11 is 0. The van der Waals surface area contributed by atoms with E-state index in [1.807, 2.05) is 0 Å². The molecule has 6 heteroatoms. The summed E-state index contributed by atoms with van der Waals surface area (Å²) in [6.07, 6.45) is 5.06. The lowest BCUT2D eigenvalue weighted by molar-refractivity contribution is 0.229. The minimum atomic E-state index is -0.572. The molecule has 0 aliphatic carbocycles. The molecule has 5 nitrogen and oxygen atoms in total. The summed E-state index contributed by atoms with van der Waals surface area (Å²) in [5.74, 6) is 2.03. The van der Waals surface area contributed by atoms with Crippen molar-refractivity contribution in [3.05, 3.63) is 24.0 Å². The summed E-state index contributed by atoms with van der Waals surface area (Å²) in [6, 6.07) is 2.71. The fourth-order valence-corrected chi connectivity index (χ4v) is 1.27. The van der Waals surface area contributed by atoms with Crippen LogP contribution < -0.4 is 15.4 Å².